The molecule has 2 amide bonds. The average Bonchev–Trinajstić information content (AvgIpc) is 3.31. The van der Waals surface area contributed by atoms with Gasteiger partial charge in [0.25, 0.3) is 11.8 Å². The van der Waals surface area contributed by atoms with Crippen molar-refractivity contribution in [2.45, 2.75) is 32.7 Å². The molecule has 2 aliphatic heterocycles. The molecule has 1 fully saturated rings. The van der Waals surface area contributed by atoms with Crippen LogP contribution in [0.1, 0.15) is 50.8 Å². The summed E-state index contributed by atoms with van der Waals surface area (Å²) < 4.78 is 4.94. The van der Waals surface area contributed by atoms with Crippen LogP contribution < -0.4 is 5.32 Å². The molecule has 0 aliphatic carbocycles. The number of nitrogens with one attached hydrogen (secondary N) is 2. The highest BCUT2D eigenvalue weighted by Gasteiger charge is 2.30. The molecule has 150 valence electrons. The van der Waals surface area contributed by atoms with E-state index < -0.39 is 0 Å². The van der Waals surface area contributed by atoms with Gasteiger partial charge in [0.2, 0.25) is 0 Å². The molecule has 4 heterocycles. The van der Waals surface area contributed by atoms with Crippen molar-refractivity contribution in [2.24, 2.45) is 5.92 Å². The SMILES string of the molecule is Cc1cc(C(=O)NCC2CCCN(C(=O)c3n[nH]c4c3CN(C)CC4)C2)no1. The normalized spacial score (nSPS) is 20.1. The first-order chi connectivity index (χ1) is 13.5. The smallest absolute Gasteiger partial charge is 0.274 e. The van der Waals surface area contributed by atoms with Gasteiger partial charge in [0.1, 0.15) is 5.76 Å². The number of aryl methyl sites for hydroxylation is 1. The highest BCUT2D eigenvalue weighted by atomic mass is 16.5. The van der Waals surface area contributed by atoms with Crippen LogP contribution >= 0.6 is 0 Å². The third-order valence-corrected chi connectivity index (χ3v) is 5.55. The number of carbonyl (C=O) groups is 2. The molecule has 2 aromatic heterocycles. The lowest BCUT2D eigenvalue weighted by molar-refractivity contribution is 0.0662. The summed E-state index contributed by atoms with van der Waals surface area (Å²) in [7, 11) is 2.06. The summed E-state index contributed by atoms with van der Waals surface area (Å²) >= 11 is 0. The summed E-state index contributed by atoms with van der Waals surface area (Å²) in [5.74, 6) is 0.556. The first-order valence-corrected chi connectivity index (χ1v) is 9.76. The van der Waals surface area contributed by atoms with Gasteiger partial charge in [-0.15, -0.1) is 0 Å². The maximum atomic E-state index is 13.1. The number of fused-ring (bicyclic) bond motifs is 1. The molecule has 0 saturated carbocycles. The number of aromatic nitrogens is 3. The van der Waals surface area contributed by atoms with E-state index in [-0.39, 0.29) is 23.4 Å². The third-order valence-electron chi connectivity index (χ3n) is 5.55. The van der Waals surface area contributed by atoms with Crippen molar-refractivity contribution in [3.05, 3.63) is 34.5 Å². The van der Waals surface area contributed by atoms with Crippen LogP contribution in [0.3, 0.4) is 0 Å². The zero-order chi connectivity index (χ0) is 19.7. The van der Waals surface area contributed by atoms with Crippen molar-refractivity contribution >= 4 is 11.8 Å². The number of carbonyl (C=O) groups excluding carboxylic acids is 2. The van der Waals surface area contributed by atoms with E-state index in [9.17, 15) is 9.59 Å². The molecule has 1 atom stereocenters. The molecule has 1 saturated heterocycles. The Kier molecular flexibility index (Phi) is 5.17. The van der Waals surface area contributed by atoms with Gasteiger partial charge in [-0.2, -0.15) is 5.10 Å². The van der Waals surface area contributed by atoms with E-state index in [1.807, 2.05) is 4.90 Å². The summed E-state index contributed by atoms with van der Waals surface area (Å²) in [6, 6.07) is 1.61. The Labute approximate surface area is 163 Å². The Morgan fingerprint density at radius 3 is 3.04 bits per heavy atom. The van der Waals surface area contributed by atoms with Crippen molar-refractivity contribution in [2.75, 3.05) is 33.2 Å². The molecule has 0 spiro atoms. The molecule has 2 N–H and O–H groups in total. The largest absolute Gasteiger partial charge is 0.361 e. The number of H-pyrrole nitrogens is 1. The Morgan fingerprint density at radius 1 is 1.39 bits per heavy atom. The summed E-state index contributed by atoms with van der Waals surface area (Å²) in [6.07, 6.45) is 2.79. The average molecular weight is 386 g/mol. The quantitative estimate of drug-likeness (QED) is 0.811. The molecule has 28 heavy (non-hydrogen) atoms. The predicted octanol–water partition coefficient (Wildman–Crippen LogP) is 0.976. The first kappa shape index (κ1) is 18.7. The van der Waals surface area contributed by atoms with E-state index in [1.165, 1.54) is 0 Å². The van der Waals surface area contributed by atoms with E-state index in [0.29, 0.717) is 24.5 Å². The second-order valence-corrected chi connectivity index (χ2v) is 7.81. The van der Waals surface area contributed by atoms with E-state index in [1.54, 1.807) is 13.0 Å². The van der Waals surface area contributed by atoms with E-state index in [4.69, 9.17) is 4.52 Å². The number of hydrogen-bond acceptors (Lipinski definition) is 6. The number of amides is 2. The second kappa shape index (κ2) is 7.75. The van der Waals surface area contributed by atoms with Gasteiger partial charge in [0.15, 0.2) is 11.4 Å². The van der Waals surface area contributed by atoms with Crippen LogP contribution in [-0.2, 0) is 13.0 Å². The zero-order valence-corrected chi connectivity index (χ0v) is 16.3. The summed E-state index contributed by atoms with van der Waals surface area (Å²) in [5.41, 5.74) is 2.93. The topological polar surface area (TPSA) is 107 Å². The molecule has 0 aromatic carbocycles. The van der Waals surface area contributed by atoms with Gasteiger partial charge in [0.05, 0.1) is 0 Å². The Bertz CT molecular complexity index is 873. The van der Waals surface area contributed by atoms with Crippen molar-refractivity contribution in [1.82, 2.24) is 30.5 Å². The summed E-state index contributed by atoms with van der Waals surface area (Å²) in [6.45, 7) is 5.32. The van der Waals surface area contributed by atoms with Crippen molar-refractivity contribution in [1.29, 1.82) is 0 Å². The van der Waals surface area contributed by atoms with Crippen LogP contribution in [0.5, 0.6) is 0 Å². The number of nitrogens with zero attached hydrogens (tertiary/aromatic N) is 4. The molecule has 9 nitrogen and oxygen atoms in total. The highest BCUT2D eigenvalue weighted by molar-refractivity contribution is 5.94. The van der Waals surface area contributed by atoms with Crippen LogP contribution in [0.15, 0.2) is 10.6 Å². The van der Waals surface area contributed by atoms with Crippen molar-refractivity contribution in [3.63, 3.8) is 0 Å². The fourth-order valence-corrected chi connectivity index (χ4v) is 3.97. The molecule has 9 heteroatoms. The van der Waals surface area contributed by atoms with Crippen molar-refractivity contribution in [3.8, 4) is 0 Å². The van der Waals surface area contributed by atoms with Crippen LogP contribution in [-0.4, -0.2) is 70.2 Å². The monoisotopic (exact) mass is 386 g/mol. The highest BCUT2D eigenvalue weighted by Crippen LogP contribution is 2.23. The van der Waals surface area contributed by atoms with Gasteiger partial charge >= 0.3 is 0 Å². The van der Waals surface area contributed by atoms with E-state index in [0.717, 1.165) is 50.2 Å². The Hall–Kier alpha value is -2.68. The van der Waals surface area contributed by atoms with E-state index in [2.05, 4.69) is 32.6 Å². The van der Waals surface area contributed by atoms with Gasteiger partial charge in [0, 0.05) is 56.5 Å². The molecule has 0 radical (unpaired) electrons. The molecule has 0 bridgehead atoms. The number of likely N-dealkylation sites (N-methyl/N-ethyl adjacent to an activating group) is 1. The fraction of sp³-hybridized carbons (Fsp3) is 0.579. The lowest BCUT2D eigenvalue weighted by Crippen LogP contribution is -2.44. The maximum Gasteiger partial charge on any atom is 0.274 e. The van der Waals surface area contributed by atoms with E-state index >= 15 is 0 Å². The number of likely N-dealkylation sites (tertiary alicyclic amines) is 1. The van der Waals surface area contributed by atoms with Gasteiger partial charge in [-0.3, -0.25) is 14.7 Å². The van der Waals surface area contributed by atoms with Crippen molar-refractivity contribution < 1.29 is 14.1 Å². The van der Waals surface area contributed by atoms with Gasteiger partial charge < -0.3 is 19.6 Å². The molecular weight excluding hydrogens is 360 g/mol. The minimum Gasteiger partial charge on any atom is -0.361 e. The molecule has 2 aliphatic rings. The number of hydrogen-bond donors (Lipinski definition) is 2. The Morgan fingerprint density at radius 2 is 2.25 bits per heavy atom. The minimum atomic E-state index is -0.246. The van der Waals surface area contributed by atoms with Gasteiger partial charge in [-0.05, 0) is 32.7 Å². The van der Waals surface area contributed by atoms with Crippen LogP contribution in [0, 0.1) is 12.8 Å². The number of rotatable bonds is 4. The van der Waals surface area contributed by atoms with Gasteiger partial charge in [-0.25, -0.2) is 0 Å². The third kappa shape index (κ3) is 3.80. The predicted molar refractivity (Wildman–Crippen MR) is 101 cm³/mol. The fourth-order valence-electron chi connectivity index (χ4n) is 3.97. The van der Waals surface area contributed by atoms with Crippen LogP contribution in [0.25, 0.3) is 0 Å². The number of aromatic amines is 1. The first-order valence-electron chi connectivity index (χ1n) is 9.76. The second-order valence-electron chi connectivity index (χ2n) is 7.81. The maximum absolute atomic E-state index is 13.1. The molecule has 2 aromatic rings. The summed E-state index contributed by atoms with van der Waals surface area (Å²) in [4.78, 5) is 29.3. The van der Waals surface area contributed by atoms with Crippen LogP contribution in [0.4, 0.5) is 0 Å². The minimum absolute atomic E-state index is 0.0176. The number of piperidine rings is 1. The zero-order valence-electron chi connectivity index (χ0n) is 16.3. The molecular formula is C19H26N6O3. The van der Waals surface area contributed by atoms with Crippen LogP contribution in [0.2, 0.25) is 0 Å². The van der Waals surface area contributed by atoms with Gasteiger partial charge in [-0.1, -0.05) is 5.16 Å². The molecule has 1 unspecified atom stereocenters. The summed E-state index contributed by atoms with van der Waals surface area (Å²) in [5, 5.41) is 14.0. The lowest BCUT2D eigenvalue weighted by atomic mass is 9.97. The standard InChI is InChI=1S/C19H26N6O3/c1-12-8-16(23-28-12)18(26)20-9-13-4-3-6-25(10-13)19(27)17-14-11-24(2)7-5-15(14)21-22-17/h8,13H,3-7,9-11H2,1-2H3,(H,20,26)(H,21,22). The molecule has 4 rings (SSSR count). The Balaban J connectivity index is 1.37. The lowest BCUT2D eigenvalue weighted by Gasteiger charge is -2.33.